The summed E-state index contributed by atoms with van der Waals surface area (Å²) in [6, 6.07) is 12.9. The van der Waals surface area contributed by atoms with Crippen molar-refractivity contribution in [3.63, 3.8) is 0 Å². The highest BCUT2D eigenvalue weighted by Crippen LogP contribution is 2.64. The molecule has 0 aromatic heterocycles. The number of piperidine rings is 1. The Kier molecular flexibility index (Phi) is 8.13. The van der Waals surface area contributed by atoms with E-state index in [0.717, 1.165) is 24.0 Å². The Morgan fingerprint density at radius 2 is 1.68 bits per heavy atom. The fourth-order valence-corrected chi connectivity index (χ4v) is 6.87. The van der Waals surface area contributed by atoms with Crippen LogP contribution in [0, 0.1) is 23.2 Å². The molecule has 4 fully saturated rings. The molecule has 5 atom stereocenters. The number of hydrogen-bond donors (Lipinski definition) is 3. The van der Waals surface area contributed by atoms with Crippen LogP contribution in [0.5, 0.6) is 5.75 Å². The lowest BCUT2D eigenvalue weighted by atomic mass is 9.94. The molecule has 3 N–H and O–H groups in total. The molecule has 2 aromatic carbocycles. The molecular formula is C33H37ClN4O6. The highest BCUT2D eigenvalue weighted by Gasteiger charge is 2.69. The number of carbonyl (C=O) groups is 5. The van der Waals surface area contributed by atoms with Crippen molar-refractivity contribution < 1.29 is 28.7 Å². The third-order valence-corrected chi connectivity index (χ3v) is 9.90. The Balaban J connectivity index is 1.12. The van der Waals surface area contributed by atoms with Crippen LogP contribution in [0.25, 0.3) is 11.1 Å². The first-order chi connectivity index (χ1) is 21.0. The average Bonchev–Trinajstić information content (AvgIpc) is 3.77. The van der Waals surface area contributed by atoms with E-state index in [1.54, 1.807) is 12.1 Å². The lowest BCUT2D eigenvalue weighted by Gasteiger charge is -2.31. The summed E-state index contributed by atoms with van der Waals surface area (Å²) in [4.78, 5) is 67.0. The lowest BCUT2D eigenvalue weighted by Crippen LogP contribution is -2.56. The molecule has 2 aliphatic carbocycles. The summed E-state index contributed by atoms with van der Waals surface area (Å²) in [6.07, 6.45) is 2.17. The van der Waals surface area contributed by atoms with Crippen LogP contribution in [0.2, 0.25) is 5.02 Å². The zero-order valence-corrected chi connectivity index (χ0v) is 25.6. The molecular weight excluding hydrogens is 584 g/mol. The van der Waals surface area contributed by atoms with Gasteiger partial charge in [0.15, 0.2) is 6.61 Å². The number of amides is 4. The van der Waals surface area contributed by atoms with Crippen LogP contribution in [-0.4, -0.2) is 72.1 Å². The van der Waals surface area contributed by atoms with Crippen LogP contribution in [0.4, 0.5) is 0 Å². The first-order valence-electron chi connectivity index (χ1n) is 15.2. The van der Waals surface area contributed by atoms with E-state index in [0.29, 0.717) is 30.3 Å². The molecule has 2 heterocycles. The number of nitrogens with zero attached hydrogens (tertiary/aromatic N) is 1. The molecule has 2 saturated carbocycles. The summed E-state index contributed by atoms with van der Waals surface area (Å²) < 4.78 is 5.82. The Morgan fingerprint density at radius 1 is 1.02 bits per heavy atom. The van der Waals surface area contributed by atoms with Crippen molar-refractivity contribution in [2.75, 3.05) is 19.7 Å². The van der Waals surface area contributed by atoms with Crippen LogP contribution in [0.3, 0.4) is 0 Å². The van der Waals surface area contributed by atoms with Gasteiger partial charge in [0.1, 0.15) is 11.8 Å². The first-order valence-corrected chi connectivity index (χ1v) is 15.6. The molecule has 0 unspecified atom stereocenters. The molecule has 2 aromatic rings. The third-order valence-electron chi connectivity index (χ3n) is 9.64. The van der Waals surface area contributed by atoms with Crippen molar-refractivity contribution in [1.29, 1.82) is 0 Å². The molecule has 11 heteroatoms. The van der Waals surface area contributed by atoms with Crippen molar-refractivity contribution in [3.05, 3.63) is 53.6 Å². The molecule has 10 nitrogen and oxygen atoms in total. The second kappa shape index (κ2) is 11.9. The molecule has 0 spiro atoms. The second-order valence-electron chi connectivity index (χ2n) is 13.0. The first kappa shape index (κ1) is 30.1. The van der Waals surface area contributed by atoms with E-state index in [-0.39, 0.29) is 48.1 Å². The van der Waals surface area contributed by atoms with E-state index in [4.69, 9.17) is 16.3 Å². The monoisotopic (exact) mass is 620 g/mol. The minimum absolute atomic E-state index is 0.0258. The van der Waals surface area contributed by atoms with Gasteiger partial charge in [-0.05, 0) is 78.3 Å². The normalized spacial score (nSPS) is 25.4. The van der Waals surface area contributed by atoms with Crippen molar-refractivity contribution in [3.8, 4) is 16.9 Å². The number of nitrogens with one attached hydrogen (secondary N) is 3. The molecule has 0 bridgehead atoms. The number of benzene rings is 2. The van der Waals surface area contributed by atoms with Crippen LogP contribution in [0.1, 0.15) is 39.5 Å². The summed E-state index contributed by atoms with van der Waals surface area (Å²) in [7, 11) is 0. The van der Waals surface area contributed by atoms with Crippen LogP contribution < -0.4 is 20.7 Å². The van der Waals surface area contributed by atoms with E-state index in [1.807, 2.05) is 36.4 Å². The van der Waals surface area contributed by atoms with Crippen molar-refractivity contribution in [1.82, 2.24) is 20.9 Å². The van der Waals surface area contributed by atoms with Gasteiger partial charge in [-0.3, -0.25) is 24.0 Å². The zero-order valence-electron chi connectivity index (χ0n) is 24.8. The standard InChI is InChI=1S/C33H37ClN4O6/c1-33(2)24-16-38(26(39)17-44-23-11-5-19(6-12-23)18-3-7-21(34)8-4-18)28(27(24)33)31(42)37-25(15-20-13-14-35-30(20)41)29(40)32(43)36-22-9-10-22/h3-8,11-12,20,22,24-25,27-28H,9-10,13-17H2,1-2H3,(H,35,41)(H,36,43)(H,37,42)/t20-,24-,25-,27-,28-/m0/s1. The number of halogens is 1. The average molecular weight is 621 g/mol. The zero-order chi connectivity index (χ0) is 31.2. The molecule has 4 aliphatic rings. The van der Waals surface area contributed by atoms with Gasteiger partial charge < -0.3 is 25.6 Å². The summed E-state index contributed by atoms with van der Waals surface area (Å²) in [5.41, 5.74) is 1.83. The summed E-state index contributed by atoms with van der Waals surface area (Å²) in [5, 5.41) is 8.88. The maximum absolute atomic E-state index is 13.8. The molecule has 0 radical (unpaired) electrons. The highest BCUT2D eigenvalue weighted by molar-refractivity contribution is 6.38. The van der Waals surface area contributed by atoms with Crippen molar-refractivity contribution >= 4 is 41.0 Å². The largest absolute Gasteiger partial charge is 0.484 e. The maximum atomic E-state index is 13.8. The van der Waals surface area contributed by atoms with E-state index < -0.39 is 35.6 Å². The number of rotatable bonds is 11. The molecule has 232 valence electrons. The lowest BCUT2D eigenvalue weighted by molar-refractivity contribution is -0.144. The Morgan fingerprint density at radius 3 is 2.30 bits per heavy atom. The Bertz CT molecular complexity index is 1470. The van der Waals surface area contributed by atoms with Crippen LogP contribution in [-0.2, 0) is 24.0 Å². The van der Waals surface area contributed by atoms with E-state index in [1.165, 1.54) is 4.90 Å². The predicted octanol–water partition coefficient (Wildman–Crippen LogP) is 2.73. The van der Waals surface area contributed by atoms with Gasteiger partial charge in [-0.15, -0.1) is 0 Å². The van der Waals surface area contributed by atoms with Gasteiger partial charge >= 0.3 is 0 Å². The summed E-state index contributed by atoms with van der Waals surface area (Å²) in [6.45, 7) is 4.77. The van der Waals surface area contributed by atoms with E-state index in [2.05, 4.69) is 29.8 Å². The molecule has 2 saturated heterocycles. The van der Waals surface area contributed by atoms with Gasteiger partial charge in [0, 0.05) is 30.1 Å². The van der Waals surface area contributed by atoms with Gasteiger partial charge in [0.2, 0.25) is 17.6 Å². The number of carbonyl (C=O) groups excluding carboxylic acids is 5. The van der Waals surface area contributed by atoms with Gasteiger partial charge in [-0.2, -0.15) is 0 Å². The number of hydrogen-bond acceptors (Lipinski definition) is 6. The van der Waals surface area contributed by atoms with Gasteiger partial charge in [-0.25, -0.2) is 0 Å². The number of fused-ring (bicyclic) bond motifs is 1. The van der Waals surface area contributed by atoms with Gasteiger partial charge in [0.05, 0.1) is 6.04 Å². The molecule has 4 amide bonds. The molecule has 6 rings (SSSR count). The fourth-order valence-electron chi connectivity index (χ4n) is 6.74. The van der Waals surface area contributed by atoms with Crippen molar-refractivity contribution in [2.24, 2.45) is 23.2 Å². The number of Topliss-reactive ketones (excluding diaryl/α,β-unsaturated/α-hetero) is 1. The number of ketones is 1. The predicted molar refractivity (Wildman–Crippen MR) is 162 cm³/mol. The third kappa shape index (κ3) is 6.18. The van der Waals surface area contributed by atoms with E-state index >= 15 is 0 Å². The summed E-state index contributed by atoms with van der Waals surface area (Å²) in [5.74, 6) is -2.45. The van der Waals surface area contributed by atoms with Crippen LogP contribution in [0.15, 0.2) is 48.5 Å². The smallest absolute Gasteiger partial charge is 0.289 e. The fraction of sp³-hybridized carbons (Fsp3) is 0.485. The quantitative estimate of drug-likeness (QED) is 0.331. The SMILES string of the molecule is CC1(C)[C@@H]2[C@@H](C(=O)N[C@@H](C[C@@H]3CCNC3=O)C(=O)C(=O)NC3CC3)N(C(=O)COc3ccc(-c4ccc(Cl)cc4)cc3)C[C@@H]21. The second-order valence-corrected chi connectivity index (χ2v) is 13.4. The number of likely N-dealkylation sites (tertiary alicyclic amines) is 1. The highest BCUT2D eigenvalue weighted by atomic mass is 35.5. The minimum Gasteiger partial charge on any atom is -0.484 e. The van der Waals surface area contributed by atoms with Gasteiger partial charge in [-0.1, -0.05) is 49.7 Å². The Labute approximate surface area is 261 Å². The molecule has 2 aliphatic heterocycles. The van der Waals surface area contributed by atoms with Crippen LogP contribution >= 0.6 is 11.6 Å². The Hall–Kier alpha value is -3.92. The topological polar surface area (TPSA) is 134 Å². The van der Waals surface area contributed by atoms with Gasteiger partial charge in [0.25, 0.3) is 11.8 Å². The minimum atomic E-state index is -1.16. The van der Waals surface area contributed by atoms with E-state index in [9.17, 15) is 24.0 Å². The van der Waals surface area contributed by atoms with Crippen molar-refractivity contribution in [2.45, 2.75) is 57.7 Å². The molecule has 44 heavy (non-hydrogen) atoms. The maximum Gasteiger partial charge on any atom is 0.289 e. The summed E-state index contributed by atoms with van der Waals surface area (Å²) >= 11 is 5.99. The number of ether oxygens (including phenoxy) is 1.